The van der Waals surface area contributed by atoms with E-state index in [0.29, 0.717) is 19.1 Å². The van der Waals surface area contributed by atoms with E-state index in [0.717, 1.165) is 22.7 Å². The Morgan fingerprint density at radius 3 is 2.47 bits per heavy atom. The number of hydrogen-bond acceptors (Lipinski definition) is 7. The number of amides is 3. The summed E-state index contributed by atoms with van der Waals surface area (Å²) >= 11 is 0. The van der Waals surface area contributed by atoms with E-state index in [1.165, 1.54) is 29.2 Å². The van der Waals surface area contributed by atoms with Gasteiger partial charge >= 0.3 is 6.03 Å². The highest BCUT2D eigenvalue weighted by molar-refractivity contribution is 6.09. The van der Waals surface area contributed by atoms with Crippen LogP contribution in [0.2, 0.25) is 0 Å². The first-order valence-electron chi connectivity index (χ1n) is 10.4. The van der Waals surface area contributed by atoms with Gasteiger partial charge in [-0.3, -0.25) is 19.4 Å². The van der Waals surface area contributed by atoms with E-state index in [9.17, 15) is 18.8 Å². The van der Waals surface area contributed by atoms with Gasteiger partial charge in [0, 0.05) is 44.3 Å². The van der Waals surface area contributed by atoms with Gasteiger partial charge in [-0.05, 0) is 44.5 Å². The highest BCUT2D eigenvalue weighted by Gasteiger charge is 2.55. The van der Waals surface area contributed by atoms with Gasteiger partial charge in [-0.15, -0.1) is 0 Å². The Balaban J connectivity index is 1.58. The van der Waals surface area contributed by atoms with Crippen LogP contribution in [0.1, 0.15) is 30.6 Å². The molecule has 170 valence electrons. The van der Waals surface area contributed by atoms with E-state index in [1.54, 1.807) is 14.2 Å². The van der Waals surface area contributed by atoms with Crippen molar-refractivity contribution in [3.8, 4) is 0 Å². The highest BCUT2D eigenvalue weighted by atomic mass is 19.1. The lowest BCUT2D eigenvalue weighted by molar-refractivity contribution is -0.136. The molecule has 10 heteroatoms. The summed E-state index contributed by atoms with van der Waals surface area (Å²) in [6, 6.07) is 3.71. The molecule has 4 rings (SSSR count). The summed E-state index contributed by atoms with van der Waals surface area (Å²) in [5.41, 5.74) is 2.10. The van der Waals surface area contributed by atoms with Gasteiger partial charge in [0.05, 0.1) is 6.54 Å². The second-order valence-electron chi connectivity index (χ2n) is 8.07. The molecule has 0 aliphatic carbocycles. The number of Topliss-reactive ketones (excluding diaryl/α,β-unsaturated/α-hetero) is 1. The van der Waals surface area contributed by atoms with Gasteiger partial charge in [0.2, 0.25) is 5.96 Å². The van der Waals surface area contributed by atoms with E-state index in [-0.39, 0.29) is 5.56 Å². The Morgan fingerprint density at radius 2 is 1.81 bits per heavy atom. The molecule has 0 aromatic heterocycles. The van der Waals surface area contributed by atoms with Gasteiger partial charge in [0.25, 0.3) is 5.91 Å². The normalized spacial score (nSPS) is 22.6. The van der Waals surface area contributed by atoms with Crippen molar-refractivity contribution >= 4 is 23.7 Å². The molecular weight excluding hydrogens is 417 g/mol. The van der Waals surface area contributed by atoms with Crippen LogP contribution in [0.4, 0.5) is 9.18 Å². The second-order valence-corrected chi connectivity index (χ2v) is 8.07. The summed E-state index contributed by atoms with van der Waals surface area (Å²) < 4.78 is 18.3. The SMILES string of the molecule is COCCCN1C2=NC3C(C(=O)N(CC(=O)c4ccc(F)cc4)C(=O)N3C)N2C(C)=C1C. The number of imide groups is 1. The monoisotopic (exact) mass is 443 g/mol. The first-order valence-corrected chi connectivity index (χ1v) is 10.4. The quantitative estimate of drug-likeness (QED) is 0.473. The topological polar surface area (TPSA) is 85.8 Å². The first kappa shape index (κ1) is 21.9. The third-order valence-corrected chi connectivity index (χ3v) is 6.20. The number of rotatable bonds is 7. The number of aliphatic imine (C=N–C) groups is 1. The smallest absolute Gasteiger partial charge is 0.328 e. The van der Waals surface area contributed by atoms with E-state index in [1.807, 2.05) is 23.6 Å². The van der Waals surface area contributed by atoms with Crippen molar-refractivity contribution in [1.29, 1.82) is 0 Å². The summed E-state index contributed by atoms with van der Waals surface area (Å²) in [6.07, 6.45) is 0.111. The second kappa shape index (κ2) is 8.34. The molecule has 1 fully saturated rings. The summed E-state index contributed by atoms with van der Waals surface area (Å²) in [5, 5.41) is 0. The van der Waals surface area contributed by atoms with E-state index in [4.69, 9.17) is 9.73 Å². The van der Waals surface area contributed by atoms with Crippen molar-refractivity contribution in [1.82, 2.24) is 19.6 Å². The Hall–Kier alpha value is -3.27. The number of nitrogens with zero attached hydrogens (tertiary/aromatic N) is 5. The number of allylic oxidation sites excluding steroid dienone is 2. The van der Waals surface area contributed by atoms with Crippen LogP contribution in [0.25, 0.3) is 0 Å². The zero-order chi connectivity index (χ0) is 23.2. The first-order chi connectivity index (χ1) is 15.3. The zero-order valence-corrected chi connectivity index (χ0v) is 18.5. The van der Waals surface area contributed by atoms with E-state index >= 15 is 0 Å². The Bertz CT molecular complexity index is 1020. The largest absolute Gasteiger partial charge is 0.385 e. The van der Waals surface area contributed by atoms with Crippen LogP contribution in [0.3, 0.4) is 0 Å². The summed E-state index contributed by atoms with van der Waals surface area (Å²) in [6.45, 7) is 4.74. The van der Waals surface area contributed by atoms with Crippen molar-refractivity contribution in [3.63, 3.8) is 0 Å². The van der Waals surface area contributed by atoms with Crippen LogP contribution < -0.4 is 0 Å². The molecule has 3 aliphatic rings. The molecule has 32 heavy (non-hydrogen) atoms. The summed E-state index contributed by atoms with van der Waals surface area (Å²) in [5.74, 6) is -0.751. The maximum atomic E-state index is 13.4. The van der Waals surface area contributed by atoms with Gasteiger partial charge in [-0.1, -0.05) is 0 Å². The third kappa shape index (κ3) is 3.44. The lowest BCUT2D eigenvalue weighted by Crippen LogP contribution is -2.65. The fourth-order valence-corrected chi connectivity index (χ4v) is 4.33. The van der Waals surface area contributed by atoms with Gasteiger partial charge in [0.1, 0.15) is 5.82 Å². The molecule has 3 aliphatic heterocycles. The third-order valence-electron chi connectivity index (χ3n) is 6.20. The predicted molar refractivity (Wildman–Crippen MR) is 114 cm³/mol. The molecule has 1 aromatic carbocycles. The number of carbonyl (C=O) groups is 3. The lowest BCUT2D eigenvalue weighted by atomic mass is 10.1. The fourth-order valence-electron chi connectivity index (χ4n) is 4.33. The molecular formula is C22H26FN5O4. The Morgan fingerprint density at radius 1 is 1.12 bits per heavy atom. The van der Waals surface area contributed by atoms with Crippen molar-refractivity contribution in [3.05, 3.63) is 47.0 Å². The number of hydrogen-bond donors (Lipinski definition) is 0. The van der Waals surface area contributed by atoms with Crippen molar-refractivity contribution in [2.45, 2.75) is 32.5 Å². The Kier molecular flexibility index (Phi) is 5.72. The maximum Gasteiger partial charge on any atom is 0.328 e. The van der Waals surface area contributed by atoms with E-state index in [2.05, 4.69) is 0 Å². The van der Waals surface area contributed by atoms with Gasteiger partial charge in [0.15, 0.2) is 18.0 Å². The number of halogens is 1. The Labute approximate surface area is 185 Å². The number of methoxy groups -OCH3 is 1. The van der Waals surface area contributed by atoms with Gasteiger partial charge < -0.3 is 14.5 Å². The van der Waals surface area contributed by atoms with Crippen LogP contribution >= 0.6 is 0 Å². The molecule has 1 aromatic rings. The molecule has 0 N–H and O–H groups in total. The minimum Gasteiger partial charge on any atom is -0.385 e. The predicted octanol–water partition coefficient (Wildman–Crippen LogP) is 1.87. The lowest BCUT2D eigenvalue weighted by Gasteiger charge is -2.40. The van der Waals surface area contributed by atoms with Crippen molar-refractivity contribution in [2.75, 3.05) is 33.9 Å². The number of guanidine groups is 1. The number of ether oxygens (including phenoxy) is 1. The molecule has 3 amide bonds. The van der Waals surface area contributed by atoms with Gasteiger partial charge in [-0.2, -0.15) is 0 Å². The number of likely N-dealkylation sites (N-methyl/N-ethyl adjacent to an activating group) is 1. The summed E-state index contributed by atoms with van der Waals surface area (Å²) in [4.78, 5) is 50.0. The maximum absolute atomic E-state index is 13.4. The van der Waals surface area contributed by atoms with Crippen molar-refractivity contribution < 1.29 is 23.5 Å². The minimum absolute atomic E-state index is 0.234. The average Bonchev–Trinajstić information content (AvgIpc) is 3.27. The highest BCUT2D eigenvalue weighted by Crippen LogP contribution is 2.37. The summed E-state index contributed by atoms with van der Waals surface area (Å²) in [7, 11) is 3.22. The molecule has 2 atom stereocenters. The number of ketones is 1. The average molecular weight is 443 g/mol. The van der Waals surface area contributed by atoms with E-state index < -0.39 is 42.3 Å². The molecule has 3 heterocycles. The zero-order valence-electron chi connectivity index (χ0n) is 18.5. The number of carbonyl (C=O) groups excluding carboxylic acids is 3. The molecule has 1 saturated heterocycles. The molecule has 0 radical (unpaired) electrons. The van der Waals surface area contributed by atoms with Crippen LogP contribution in [0, 0.1) is 5.82 Å². The van der Waals surface area contributed by atoms with Gasteiger partial charge in [-0.25, -0.2) is 14.2 Å². The standard InChI is InChI=1S/C22H26FN5O4/c1-13-14(2)28-18-19(24-21(28)26(13)10-5-11-32-4)25(3)22(31)27(20(18)30)12-17(29)15-6-8-16(23)9-7-15/h6-9,18-19H,5,10-12H2,1-4H3. The van der Waals surface area contributed by atoms with Crippen molar-refractivity contribution in [2.24, 2.45) is 4.99 Å². The number of urea groups is 1. The molecule has 2 unspecified atom stereocenters. The van der Waals surface area contributed by atoms with Crippen LogP contribution in [0.5, 0.6) is 0 Å². The van der Waals surface area contributed by atoms with Crippen LogP contribution in [-0.2, 0) is 9.53 Å². The minimum atomic E-state index is -0.740. The molecule has 0 bridgehead atoms. The molecule has 9 nitrogen and oxygen atoms in total. The molecule has 0 spiro atoms. The number of benzene rings is 1. The van der Waals surface area contributed by atoms with Crippen LogP contribution in [-0.4, -0.2) is 89.3 Å². The molecule has 0 saturated carbocycles. The fraction of sp³-hybridized carbons (Fsp3) is 0.455. The number of fused-ring (bicyclic) bond motifs is 3. The van der Waals surface area contributed by atoms with Crippen LogP contribution in [0.15, 0.2) is 40.7 Å².